The average Bonchev–Trinajstić information content (AvgIpc) is 2.92. The molecule has 7 heteroatoms. The third kappa shape index (κ3) is 2.37. The summed E-state index contributed by atoms with van der Waals surface area (Å²) >= 11 is 5.07. The van der Waals surface area contributed by atoms with E-state index in [2.05, 4.69) is 42.4 Å². The third-order valence-electron chi connectivity index (χ3n) is 2.39. The number of anilines is 1. The standard InChI is InChI=1S/C11H10BrN5S/c1-17-6-14-10(16-17)5-13-11-15-8-4-7(12)2-3-9(8)18-11/h2-4,6H,5H2,1H3,(H,13,15). The lowest BCUT2D eigenvalue weighted by Gasteiger charge is -1.96. The van der Waals surface area contributed by atoms with E-state index in [4.69, 9.17) is 0 Å². The largest absolute Gasteiger partial charge is 0.354 e. The topological polar surface area (TPSA) is 55.6 Å². The van der Waals surface area contributed by atoms with Gasteiger partial charge in [-0.15, -0.1) is 0 Å². The van der Waals surface area contributed by atoms with Gasteiger partial charge in [0.25, 0.3) is 0 Å². The Morgan fingerprint density at radius 3 is 3.11 bits per heavy atom. The maximum atomic E-state index is 4.51. The molecule has 0 radical (unpaired) electrons. The highest BCUT2D eigenvalue weighted by Crippen LogP contribution is 2.28. The molecule has 0 unspecified atom stereocenters. The van der Waals surface area contributed by atoms with E-state index in [0.717, 1.165) is 25.6 Å². The second kappa shape index (κ2) is 4.66. The van der Waals surface area contributed by atoms with E-state index in [1.807, 2.05) is 19.2 Å². The van der Waals surface area contributed by atoms with Gasteiger partial charge in [-0.25, -0.2) is 9.97 Å². The molecule has 1 aromatic carbocycles. The van der Waals surface area contributed by atoms with Crippen molar-refractivity contribution in [3.63, 3.8) is 0 Å². The number of aromatic nitrogens is 4. The van der Waals surface area contributed by atoms with Gasteiger partial charge < -0.3 is 5.32 Å². The molecule has 0 bridgehead atoms. The van der Waals surface area contributed by atoms with Crippen molar-refractivity contribution < 1.29 is 0 Å². The van der Waals surface area contributed by atoms with Crippen LogP contribution in [0.2, 0.25) is 0 Å². The number of nitrogens with one attached hydrogen (secondary N) is 1. The lowest BCUT2D eigenvalue weighted by Crippen LogP contribution is -2.01. The molecular weight excluding hydrogens is 314 g/mol. The molecule has 0 aliphatic heterocycles. The Hall–Kier alpha value is -1.47. The van der Waals surface area contributed by atoms with Crippen LogP contribution in [0.25, 0.3) is 10.2 Å². The van der Waals surface area contributed by atoms with Crippen LogP contribution in [0.1, 0.15) is 5.82 Å². The number of halogens is 1. The Labute approximate surface area is 116 Å². The number of hydrogen-bond donors (Lipinski definition) is 1. The summed E-state index contributed by atoms with van der Waals surface area (Å²) in [5.41, 5.74) is 0.992. The van der Waals surface area contributed by atoms with Crippen LogP contribution in [0.5, 0.6) is 0 Å². The molecule has 18 heavy (non-hydrogen) atoms. The fraction of sp³-hybridized carbons (Fsp3) is 0.182. The van der Waals surface area contributed by atoms with E-state index in [0.29, 0.717) is 6.54 Å². The normalized spacial score (nSPS) is 11.0. The number of fused-ring (bicyclic) bond motifs is 1. The maximum absolute atomic E-state index is 4.51. The van der Waals surface area contributed by atoms with Crippen molar-refractivity contribution in [2.45, 2.75) is 6.54 Å². The summed E-state index contributed by atoms with van der Waals surface area (Å²) in [7, 11) is 1.85. The van der Waals surface area contributed by atoms with E-state index >= 15 is 0 Å². The van der Waals surface area contributed by atoms with E-state index < -0.39 is 0 Å². The lowest BCUT2D eigenvalue weighted by molar-refractivity contribution is 0.747. The third-order valence-corrected chi connectivity index (χ3v) is 3.88. The molecule has 0 aliphatic carbocycles. The van der Waals surface area contributed by atoms with Crippen LogP contribution in [0.15, 0.2) is 29.0 Å². The van der Waals surface area contributed by atoms with Crippen LogP contribution in [0.3, 0.4) is 0 Å². The van der Waals surface area contributed by atoms with Crippen molar-refractivity contribution in [1.29, 1.82) is 0 Å². The van der Waals surface area contributed by atoms with Crippen molar-refractivity contribution in [1.82, 2.24) is 19.7 Å². The monoisotopic (exact) mass is 323 g/mol. The number of thiazole rings is 1. The van der Waals surface area contributed by atoms with Crippen molar-refractivity contribution in [3.8, 4) is 0 Å². The molecule has 0 saturated carbocycles. The Morgan fingerprint density at radius 1 is 1.44 bits per heavy atom. The summed E-state index contributed by atoms with van der Waals surface area (Å²) in [6, 6.07) is 6.09. The highest BCUT2D eigenvalue weighted by Gasteiger charge is 2.05. The fourth-order valence-corrected chi connectivity index (χ4v) is 2.79. The van der Waals surface area contributed by atoms with Gasteiger partial charge in [-0.05, 0) is 18.2 Å². The summed E-state index contributed by atoms with van der Waals surface area (Å²) in [5.74, 6) is 0.762. The lowest BCUT2D eigenvalue weighted by atomic mass is 10.3. The second-order valence-corrected chi connectivity index (χ2v) is 5.77. The SMILES string of the molecule is Cn1cnc(CNc2nc3cc(Br)ccc3s2)n1. The van der Waals surface area contributed by atoms with Crippen molar-refractivity contribution in [2.75, 3.05) is 5.32 Å². The number of aryl methyl sites for hydroxylation is 1. The van der Waals surface area contributed by atoms with Crippen LogP contribution in [0.4, 0.5) is 5.13 Å². The smallest absolute Gasteiger partial charge is 0.184 e. The summed E-state index contributed by atoms with van der Waals surface area (Å²) in [6.07, 6.45) is 1.69. The predicted octanol–water partition coefficient (Wildman–Crippen LogP) is 2.80. The average molecular weight is 324 g/mol. The molecule has 1 N–H and O–H groups in total. The molecule has 0 spiro atoms. The number of hydrogen-bond acceptors (Lipinski definition) is 5. The van der Waals surface area contributed by atoms with E-state index in [9.17, 15) is 0 Å². The highest BCUT2D eigenvalue weighted by atomic mass is 79.9. The van der Waals surface area contributed by atoms with Gasteiger partial charge in [0.05, 0.1) is 16.8 Å². The number of nitrogens with zero attached hydrogens (tertiary/aromatic N) is 4. The van der Waals surface area contributed by atoms with E-state index in [1.54, 1.807) is 22.3 Å². The van der Waals surface area contributed by atoms with E-state index in [1.165, 1.54) is 0 Å². The molecule has 0 saturated heterocycles. The Kier molecular flexibility index (Phi) is 3.00. The summed E-state index contributed by atoms with van der Waals surface area (Å²) in [6.45, 7) is 0.585. The van der Waals surface area contributed by atoms with Gasteiger partial charge in [0.15, 0.2) is 11.0 Å². The molecule has 3 aromatic rings. The minimum absolute atomic E-state index is 0.585. The van der Waals surface area contributed by atoms with Crippen molar-refractivity contribution in [3.05, 3.63) is 34.8 Å². The quantitative estimate of drug-likeness (QED) is 0.805. The molecule has 0 aliphatic rings. The van der Waals surface area contributed by atoms with Gasteiger partial charge >= 0.3 is 0 Å². The molecule has 92 valence electrons. The zero-order valence-corrected chi connectivity index (χ0v) is 12.0. The fourth-order valence-electron chi connectivity index (χ4n) is 1.60. The van der Waals surface area contributed by atoms with Crippen LogP contribution >= 0.6 is 27.3 Å². The highest BCUT2D eigenvalue weighted by molar-refractivity contribution is 9.10. The van der Waals surface area contributed by atoms with Gasteiger partial charge in [-0.2, -0.15) is 5.10 Å². The first-order valence-electron chi connectivity index (χ1n) is 5.35. The first kappa shape index (κ1) is 11.6. The van der Waals surface area contributed by atoms with Crippen LogP contribution in [-0.4, -0.2) is 19.7 Å². The van der Waals surface area contributed by atoms with E-state index in [-0.39, 0.29) is 0 Å². The van der Waals surface area contributed by atoms with Gasteiger partial charge in [0, 0.05) is 11.5 Å². The summed E-state index contributed by atoms with van der Waals surface area (Å²) in [5, 5.41) is 8.33. The predicted molar refractivity (Wildman–Crippen MR) is 75.6 cm³/mol. The zero-order chi connectivity index (χ0) is 12.5. The molecule has 3 rings (SSSR count). The minimum Gasteiger partial charge on any atom is -0.354 e. The van der Waals surface area contributed by atoms with Gasteiger partial charge in [0.2, 0.25) is 0 Å². The Bertz CT molecular complexity index is 690. The second-order valence-electron chi connectivity index (χ2n) is 3.82. The van der Waals surface area contributed by atoms with Gasteiger partial charge in [-0.1, -0.05) is 27.3 Å². The van der Waals surface area contributed by atoms with Crippen molar-refractivity contribution >= 4 is 42.6 Å². The molecular formula is C11H10BrN5S. The van der Waals surface area contributed by atoms with Gasteiger partial charge in [-0.3, -0.25) is 4.68 Å². The maximum Gasteiger partial charge on any atom is 0.184 e. The molecule has 0 amide bonds. The Morgan fingerprint density at radius 2 is 2.33 bits per heavy atom. The zero-order valence-electron chi connectivity index (χ0n) is 9.59. The number of rotatable bonds is 3. The van der Waals surface area contributed by atoms with Crippen LogP contribution in [-0.2, 0) is 13.6 Å². The Balaban J connectivity index is 1.78. The summed E-state index contributed by atoms with van der Waals surface area (Å²) < 4.78 is 3.89. The first-order chi connectivity index (χ1) is 8.70. The van der Waals surface area contributed by atoms with Crippen LogP contribution < -0.4 is 5.32 Å². The molecule has 2 heterocycles. The van der Waals surface area contributed by atoms with Crippen LogP contribution in [0, 0.1) is 0 Å². The molecule has 5 nitrogen and oxygen atoms in total. The van der Waals surface area contributed by atoms with Crippen molar-refractivity contribution in [2.24, 2.45) is 7.05 Å². The summed E-state index contributed by atoms with van der Waals surface area (Å²) in [4.78, 5) is 8.67. The molecule has 2 aromatic heterocycles. The minimum atomic E-state index is 0.585. The molecule has 0 atom stereocenters. The number of benzene rings is 1. The first-order valence-corrected chi connectivity index (χ1v) is 6.96. The molecule has 0 fully saturated rings. The van der Waals surface area contributed by atoms with Gasteiger partial charge in [0.1, 0.15) is 6.33 Å².